The first-order valence-corrected chi connectivity index (χ1v) is 53.4. The van der Waals surface area contributed by atoms with Crippen molar-refractivity contribution in [1.29, 1.82) is 0 Å². The van der Waals surface area contributed by atoms with Crippen molar-refractivity contribution in [2.75, 3.05) is 39.6 Å². The summed E-state index contributed by atoms with van der Waals surface area (Å²) in [4.78, 5) is 59.2. The molecule has 0 saturated carbocycles. The van der Waals surface area contributed by atoms with Crippen LogP contribution in [0.15, 0.2) is 170 Å². The van der Waals surface area contributed by atoms with E-state index in [9.17, 15) is 43.5 Å². The molecule has 0 radical (unpaired) electrons. The number of aliphatic hydroxyl groups excluding tert-OH is 2. The van der Waals surface area contributed by atoms with Crippen LogP contribution in [0.1, 0.15) is 432 Å². The molecular weight excluding hydrogens is 1600 g/mol. The van der Waals surface area contributed by atoms with Crippen molar-refractivity contribution in [3.63, 3.8) is 0 Å². The highest BCUT2D eigenvalue weighted by molar-refractivity contribution is 7.47. The van der Waals surface area contributed by atoms with Crippen molar-refractivity contribution in [3.8, 4) is 0 Å². The number of phosphoric ester groups is 2. The molecule has 0 aromatic heterocycles. The van der Waals surface area contributed by atoms with E-state index >= 15 is 0 Å². The Morgan fingerprint density at radius 3 is 0.672 bits per heavy atom. The first kappa shape index (κ1) is 120. The van der Waals surface area contributed by atoms with Gasteiger partial charge in [0, 0.05) is 19.3 Å². The molecule has 0 amide bonds. The van der Waals surface area contributed by atoms with Crippen LogP contribution in [-0.2, 0) is 55.8 Å². The van der Waals surface area contributed by atoms with E-state index in [-0.39, 0.29) is 19.3 Å². The molecule has 0 fully saturated rings. The van der Waals surface area contributed by atoms with Crippen LogP contribution >= 0.6 is 15.6 Å². The molecule has 0 bridgehead atoms. The van der Waals surface area contributed by atoms with Crippen LogP contribution in [0.2, 0.25) is 0 Å². The zero-order valence-corrected chi connectivity index (χ0v) is 81.3. The second kappa shape index (κ2) is 98.0. The van der Waals surface area contributed by atoms with E-state index in [2.05, 4.69) is 191 Å². The molecular formula is C107H184O16P2. The van der Waals surface area contributed by atoms with Crippen LogP contribution in [0.25, 0.3) is 0 Å². The molecule has 718 valence electrons. The number of aliphatic hydroxyl groups is 2. The molecule has 0 aromatic carbocycles. The van der Waals surface area contributed by atoms with Crippen molar-refractivity contribution in [3.05, 3.63) is 170 Å². The second-order valence-corrected chi connectivity index (χ2v) is 36.4. The van der Waals surface area contributed by atoms with Gasteiger partial charge in [-0.2, -0.15) is 0 Å². The molecule has 0 heterocycles. The number of esters is 3. The van der Waals surface area contributed by atoms with Gasteiger partial charge in [0.05, 0.1) is 26.4 Å². The van der Waals surface area contributed by atoms with Gasteiger partial charge in [-0.3, -0.25) is 32.5 Å². The fourth-order valence-corrected chi connectivity index (χ4v) is 15.4. The van der Waals surface area contributed by atoms with Gasteiger partial charge in [0.1, 0.15) is 25.4 Å². The van der Waals surface area contributed by atoms with Gasteiger partial charge in [-0.25, -0.2) is 9.13 Å². The largest absolute Gasteiger partial charge is 0.472 e. The minimum absolute atomic E-state index is 0.0900. The maximum atomic E-state index is 13.1. The lowest BCUT2D eigenvalue weighted by molar-refractivity contribution is -0.161. The average Bonchev–Trinajstić information content (AvgIpc) is 0.902. The smallest absolute Gasteiger partial charge is 0.463 e. The summed E-state index contributed by atoms with van der Waals surface area (Å²) in [5, 5.41) is 20.8. The van der Waals surface area contributed by atoms with Crippen molar-refractivity contribution in [2.24, 2.45) is 0 Å². The average molecular weight is 1790 g/mol. The molecule has 18 heteroatoms. The number of rotatable bonds is 95. The third kappa shape index (κ3) is 99.3. The van der Waals surface area contributed by atoms with Crippen LogP contribution in [-0.4, -0.2) is 95.9 Å². The van der Waals surface area contributed by atoms with Crippen molar-refractivity contribution >= 4 is 33.6 Å². The van der Waals surface area contributed by atoms with Gasteiger partial charge in [-0.15, -0.1) is 0 Å². The standard InChI is InChI=1S/C107H184O16P2/c1-4-7-10-13-16-19-22-25-28-31-34-37-40-42-44-46-48-49-50-51-53-55-56-58-61-63-66-69-72-75-78-81-84-87-90-93-105(110)117-96-102(108)97-119-124(113,114)120-98-103(109)99-121-125(115,116)122-101-104(123-107(112)95-92-89-86-83-80-77-74-71-68-65-60-39-36-33-30-27-24-21-18-15-12-9-6-3)100-118-106(111)94-91-88-85-82-79-76-73-70-67-64-62-59-57-54-52-47-45-43-41-38-35-32-29-26-23-20-17-14-11-8-5-2/h7-8,10-11,16-21,25-30,34-39,42-45,65,68,102-104,108-109H,4-6,9,12-15,22-24,31-33,40-41,46-64,66-67,69-101H2,1-3H3,(H,113,114)(H,115,116)/b10-7-,11-8-,19-16-,20-17-,21-18-,28-25-,29-26-,30-27-,37-34-,38-35-,39-36-,44-42-,45-43-,68-65-. The lowest BCUT2D eigenvalue weighted by Gasteiger charge is -2.21. The lowest BCUT2D eigenvalue weighted by atomic mass is 10.0. The summed E-state index contributed by atoms with van der Waals surface area (Å²) in [6.45, 7) is 2.49. The first-order valence-electron chi connectivity index (χ1n) is 50.4. The van der Waals surface area contributed by atoms with Gasteiger partial charge in [-0.05, 0) is 154 Å². The van der Waals surface area contributed by atoms with Crippen molar-refractivity contribution in [2.45, 2.75) is 450 Å². The Hall–Kier alpha value is -5.09. The summed E-state index contributed by atoms with van der Waals surface area (Å²) >= 11 is 0. The highest BCUT2D eigenvalue weighted by Gasteiger charge is 2.30. The van der Waals surface area contributed by atoms with E-state index in [1.165, 1.54) is 205 Å². The number of unbranched alkanes of at least 4 members (excludes halogenated alkanes) is 44. The van der Waals surface area contributed by atoms with Gasteiger partial charge in [0.2, 0.25) is 0 Å². The summed E-state index contributed by atoms with van der Waals surface area (Å²) in [5.41, 5.74) is 0. The molecule has 5 unspecified atom stereocenters. The Morgan fingerprint density at radius 1 is 0.232 bits per heavy atom. The quantitative estimate of drug-likeness (QED) is 0.0146. The number of phosphoric acid groups is 2. The monoisotopic (exact) mass is 1790 g/mol. The Morgan fingerprint density at radius 2 is 0.424 bits per heavy atom. The molecule has 0 rings (SSSR count). The Labute approximate surface area is 764 Å². The van der Waals surface area contributed by atoms with Crippen LogP contribution in [0.5, 0.6) is 0 Å². The van der Waals surface area contributed by atoms with Crippen molar-refractivity contribution < 1.29 is 75.8 Å². The fourth-order valence-electron chi connectivity index (χ4n) is 13.8. The normalized spacial score (nSPS) is 14.4. The predicted octanol–water partition coefficient (Wildman–Crippen LogP) is 31.8. The van der Waals surface area contributed by atoms with E-state index in [0.29, 0.717) is 19.3 Å². The molecule has 0 aromatic rings. The van der Waals surface area contributed by atoms with Crippen LogP contribution in [0, 0.1) is 0 Å². The first-order chi connectivity index (χ1) is 61.2. The molecule has 0 aliphatic heterocycles. The molecule has 16 nitrogen and oxygen atoms in total. The summed E-state index contributed by atoms with van der Waals surface area (Å²) in [6.07, 6.45) is 128. The second-order valence-electron chi connectivity index (χ2n) is 33.5. The van der Waals surface area contributed by atoms with Crippen LogP contribution in [0.3, 0.4) is 0 Å². The highest BCUT2D eigenvalue weighted by Crippen LogP contribution is 2.45. The number of carbonyl (C=O) groups excluding carboxylic acids is 3. The summed E-state index contributed by atoms with van der Waals surface area (Å²) in [6, 6.07) is 0. The van der Waals surface area contributed by atoms with Gasteiger partial charge in [0.15, 0.2) is 6.10 Å². The summed E-state index contributed by atoms with van der Waals surface area (Å²) in [5.74, 6) is -1.57. The SMILES string of the molecule is CC/C=C\C/C=C\C/C=C\C/C=C\C/C=C\CCCCCCCCCCCCCCCCCCCCCC(=O)OCC(O)COP(=O)(O)OCC(O)COP(=O)(O)OCC(COC(=O)CCCCCCCCCCCCCCCCC/C=C\C/C=C\C/C=C\C/C=C\C/C=C\CC)OC(=O)CCCCCCCCC/C=C\C/C=C\C/C=C\C/C=C\CCCCC. The van der Waals surface area contributed by atoms with E-state index in [1.54, 1.807) is 0 Å². The topological polar surface area (TPSA) is 231 Å². The van der Waals surface area contributed by atoms with Gasteiger partial charge < -0.3 is 34.2 Å². The molecule has 0 saturated heterocycles. The maximum absolute atomic E-state index is 13.1. The third-order valence-corrected chi connectivity index (χ3v) is 23.3. The lowest BCUT2D eigenvalue weighted by Crippen LogP contribution is -2.30. The number of allylic oxidation sites excluding steroid dienone is 28. The minimum atomic E-state index is -4.95. The molecule has 125 heavy (non-hydrogen) atoms. The molecule has 0 aliphatic carbocycles. The number of hydrogen-bond donors (Lipinski definition) is 4. The van der Waals surface area contributed by atoms with Gasteiger partial charge in [-0.1, -0.05) is 428 Å². The summed E-state index contributed by atoms with van der Waals surface area (Å²) in [7, 11) is -9.82. The molecule has 4 N–H and O–H groups in total. The number of carbonyl (C=O) groups is 3. The Bertz CT molecular complexity index is 2950. The van der Waals surface area contributed by atoms with E-state index in [4.69, 9.17) is 32.3 Å². The molecule has 0 spiro atoms. The predicted molar refractivity (Wildman–Crippen MR) is 528 cm³/mol. The van der Waals surface area contributed by atoms with E-state index in [0.717, 1.165) is 167 Å². The van der Waals surface area contributed by atoms with E-state index < -0.39 is 91.5 Å². The fraction of sp³-hybridized carbons (Fsp3) is 0.710. The zero-order valence-electron chi connectivity index (χ0n) is 79.5. The van der Waals surface area contributed by atoms with Gasteiger partial charge in [0.25, 0.3) is 0 Å². The van der Waals surface area contributed by atoms with Crippen molar-refractivity contribution in [1.82, 2.24) is 0 Å². The molecule has 0 aliphatic rings. The minimum Gasteiger partial charge on any atom is -0.463 e. The number of hydrogen-bond acceptors (Lipinski definition) is 14. The summed E-state index contributed by atoms with van der Waals surface area (Å²) < 4.78 is 61.6. The maximum Gasteiger partial charge on any atom is 0.472 e. The Kier molecular flexibility index (Phi) is 94.0. The third-order valence-electron chi connectivity index (χ3n) is 21.4. The van der Waals surface area contributed by atoms with E-state index in [1.807, 2.05) is 0 Å². The molecule has 5 atom stereocenters. The number of ether oxygens (including phenoxy) is 3. The zero-order chi connectivity index (χ0) is 90.7. The van der Waals surface area contributed by atoms with Crippen LogP contribution < -0.4 is 0 Å². The highest BCUT2D eigenvalue weighted by atomic mass is 31.2. The van der Waals surface area contributed by atoms with Gasteiger partial charge >= 0.3 is 33.6 Å². The Balaban J connectivity index is 4.55. The van der Waals surface area contributed by atoms with Crippen LogP contribution in [0.4, 0.5) is 0 Å².